The number of benzene rings is 1. The summed E-state index contributed by atoms with van der Waals surface area (Å²) in [7, 11) is 0. The third kappa shape index (κ3) is 4.05. The molecule has 1 aromatic heterocycles. The van der Waals surface area contributed by atoms with E-state index in [0.29, 0.717) is 11.4 Å². The van der Waals surface area contributed by atoms with Crippen molar-refractivity contribution in [3.63, 3.8) is 0 Å². The molecule has 0 spiro atoms. The van der Waals surface area contributed by atoms with Gasteiger partial charge in [0, 0.05) is 17.8 Å². The molecule has 0 bridgehead atoms. The standard InChI is InChI=1S/C15H16FN3O/c1-2-4-13-10-14(19-18-13)17-15(20)8-7-11-5-3-6-12(16)9-11/h3,5-10H,2,4H2,1H3,(H2,17,18,19,20)/b8-7+. The molecule has 104 valence electrons. The van der Waals surface area contributed by atoms with Crippen molar-refractivity contribution in [1.29, 1.82) is 0 Å². The van der Waals surface area contributed by atoms with E-state index in [0.717, 1.165) is 18.5 Å². The Morgan fingerprint density at radius 2 is 2.30 bits per heavy atom. The van der Waals surface area contributed by atoms with E-state index < -0.39 is 0 Å². The molecule has 2 rings (SSSR count). The number of nitrogens with zero attached hydrogens (tertiary/aromatic N) is 1. The van der Waals surface area contributed by atoms with Gasteiger partial charge < -0.3 is 5.32 Å². The number of rotatable bonds is 5. The molecule has 0 aliphatic rings. The van der Waals surface area contributed by atoms with Crippen molar-refractivity contribution in [2.45, 2.75) is 19.8 Å². The van der Waals surface area contributed by atoms with Crippen LogP contribution in [-0.2, 0) is 11.2 Å². The number of amides is 1. The minimum Gasteiger partial charge on any atom is -0.306 e. The summed E-state index contributed by atoms with van der Waals surface area (Å²) in [6.07, 6.45) is 4.80. The van der Waals surface area contributed by atoms with Crippen LogP contribution in [0.2, 0.25) is 0 Å². The molecule has 0 saturated carbocycles. The maximum Gasteiger partial charge on any atom is 0.249 e. The number of carbonyl (C=O) groups excluding carboxylic acids is 1. The molecule has 0 atom stereocenters. The van der Waals surface area contributed by atoms with Crippen LogP contribution in [0.1, 0.15) is 24.6 Å². The molecule has 0 saturated heterocycles. The van der Waals surface area contributed by atoms with Crippen LogP contribution in [0.15, 0.2) is 36.4 Å². The first kappa shape index (κ1) is 14.0. The van der Waals surface area contributed by atoms with Crippen LogP contribution < -0.4 is 5.32 Å². The second-order valence-electron chi connectivity index (χ2n) is 4.41. The topological polar surface area (TPSA) is 57.8 Å². The zero-order valence-electron chi connectivity index (χ0n) is 11.2. The number of aryl methyl sites for hydroxylation is 1. The third-order valence-electron chi connectivity index (χ3n) is 2.68. The zero-order valence-corrected chi connectivity index (χ0v) is 11.2. The molecule has 20 heavy (non-hydrogen) atoms. The summed E-state index contributed by atoms with van der Waals surface area (Å²) in [5, 5.41) is 9.49. The molecule has 0 radical (unpaired) electrons. The van der Waals surface area contributed by atoms with E-state index in [1.165, 1.54) is 18.2 Å². The number of aromatic amines is 1. The van der Waals surface area contributed by atoms with E-state index in [9.17, 15) is 9.18 Å². The van der Waals surface area contributed by atoms with Crippen LogP contribution >= 0.6 is 0 Å². The van der Waals surface area contributed by atoms with E-state index in [1.54, 1.807) is 24.3 Å². The maximum absolute atomic E-state index is 13.0. The second-order valence-corrected chi connectivity index (χ2v) is 4.41. The molecule has 0 fully saturated rings. The molecule has 1 heterocycles. The fraction of sp³-hybridized carbons (Fsp3) is 0.200. The predicted octanol–water partition coefficient (Wildman–Crippen LogP) is 3.15. The van der Waals surface area contributed by atoms with E-state index in [2.05, 4.69) is 22.4 Å². The Bertz CT molecular complexity index is 619. The highest BCUT2D eigenvalue weighted by molar-refractivity contribution is 6.01. The average molecular weight is 273 g/mol. The first-order valence-electron chi connectivity index (χ1n) is 6.46. The van der Waals surface area contributed by atoms with Crippen molar-refractivity contribution in [2.75, 3.05) is 5.32 Å². The molecule has 0 aliphatic carbocycles. The van der Waals surface area contributed by atoms with E-state index in [4.69, 9.17) is 0 Å². The summed E-state index contributed by atoms with van der Waals surface area (Å²) in [5.74, 6) is -0.143. The second kappa shape index (κ2) is 6.65. The number of hydrogen-bond donors (Lipinski definition) is 2. The fourth-order valence-electron chi connectivity index (χ4n) is 1.77. The Labute approximate surface area is 116 Å². The Hall–Kier alpha value is -2.43. The molecule has 2 N–H and O–H groups in total. The van der Waals surface area contributed by atoms with Gasteiger partial charge in [0.2, 0.25) is 5.91 Å². The van der Waals surface area contributed by atoms with Crippen LogP contribution in [0.4, 0.5) is 10.2 Å². The zero-order chi connectivity index (χ0) is 14.4. The summed E-state index contributed by atoms with van der Waals surface area (Å²) in [5.41, 5.74) is 1.62. The molecule has 1 amide bonds. The SMILES string of the molecule is CCCc1cc(NC(=O)/C=C/c2cccc(F)c2)n[nH]1. The number of halogens is 1. The quantitative estimate of drug-likeness (QED) is 0.822. The van der Waals surface area contributed by atoms with Gasteiger partial charge in [-0.3, -0.25) is 9.89 Å². The van der Waals surface area contributed by atoms with Crippen LogP contribution in [-0.4, -0.2) is 16.1 Å². The lowest BCUT2D eigenvalue weighted by molar-refractivity contribution is -0.111. The molecule has 4 nitrogen and oxygen atoms in total. The number of hydrogen-bond acceptors (Lipinski definition) is 2. The minimum atomic E-state index is -0.330. The van der Waals surface area contributed by atoms with Crippen molar-refractivity contribution in [3.8, 4) is 0 Å². The number of aromatic nitrogens is 2. The highest BCUT2D eigenvalue weighted by Crippen LogP contribution is 2.08. The van der Waals surface area contributed by atoms with Gasteiger partial charge in [-0.1, -0.05) is 25.5 Å². The first-order valence-corrected chi connectivity index (χ1v) is 6.46. The number of anilines is 1. The summed E-state index contributed by atoms with van der Waals surface area (Å²) < 4.78 is 13.0. The monoisotopic (exact) mass is 273 g/mol. The average Bonchev–Trinajstić information content (AvgIpc) is 2.84. The van der Waals surface area contributed by atoms with Gasteiger partial charge in [-0.05, 0) is 30.2 Å². The Morgan fingerprint density at radius 3 is 3.05 bits per heavy atom. The summed E-state index contributed by atoms with van der Waals surface area (Å²) in [4.78, 5) is 11.7. The smallest absolute Gasteiger partial charge is 0.249 e. The van der Waals surface area contributed by atoms with Gasteiger partial charge in [0.25, 0.3) is 0 Å². The first-order chi connectivity index (χ1) is 9.67. The van der Waals surface area contributed by atoms with Crippen molar-refractivity contribution in [1.82, 2.24) is 10.2 Å². The molecule has 0 unspecified atom stereocenters. The van der Waals surface area contributed by atoms with Gasteiger partial charge in [0.15, 0.2) is 5.82 Å². The van der Waals surface area contributed by atoms with Gasteiger partial charge in [0.05, 0.1) is 0 Å². The van der Waals surface area contributed by atoms with E-state index >= 15 is 0 Å². The van der Waals surface area contributed by atoms with E-state index in [-0.39, 0.29) is 11.7 Å². The number of carbonyl (C=O) groups is 1. The summed E-state index contributed by atoms with van der Waals surface area (Å²) in [6, 6.07) is 7.84. The van der Waals surface area contributed by atoms with Gasteiger partial charge in [-0.25, -0.2) is 4.39 Å². The molecule has 1 aromatic carbocycles. The normalized spacial score (nSPS) is 10.9. The van der Waals surface area contributed by atoms with E-state index in [1.807, 2.05) is 0 Å². The van der Waals surface area contributed by atoms with Gasteiger partial charge in [-0.15, -0.1) is 0 Å². The third-order valence-corrected chi connectivity index (χ3v) is 2.68. The van der Waals surface area contributed by atoms with Gasteiger partial charge in [0.1, 0.15) is 5.82 Å². The van der Waals surface area contributed by atoms with Crippen molar-refractivity contribution >= 4 is 17.8 Å². The van der Waals surface area contributed by atoms with Crippen molar-refractivity contribution < 1.29 is 9.18 Å². The van der Waals surface area contributed by atoms with Crippen LogP contribution in [0, 0.1) is 5.82 Å². The molecular weight excluding hydrogens is 257 g/mol. The molecular formula is C15H16FN3O. The molecule has 2 aromatic rings. The number of nitrogens with one attached hydrogen (secondary N) is 2. The van der Waals surface area contributed by atoms with Crippen LogP contribution in [0.25, 0.3) is 6.08 Å². The molecule has 0 aliphatic heterocycles. The molecule has 5 heteroatoms. The van der Waals surface area contributed by atoms with Crippen LogP contribution in [0.5, 0.6) is 0 Å². The summed E-state index contributed by atoms with van der Waals surface area (Å²) in [6.45, 7) is 2.07. The lowest BCUT2D eigenvalue weighted by Gasteiger charge is -1.96. The minimum absolute atomic E-state index is 0.302. The predicted molar refractivity (Wildman–Crippen MR) is 76.6 cm³/mol. The Kier molecular flexibility index (Phi) is 4.65. The highest BCUT2D eigenvalue weighted by atomic mass is 19.1. The maximum atomic E-state index is 13.0. The number of H-pyrrole nitrogens is 1. The largest absolute Gasteiger partial charge is 0.306 e. The van der Waals surface area contributed by atoms with Gasteiger partial charge in [-0.2, -0.15) is 5.10 Å². The van der Waals surface area contributed by atoms with Crippen molar-refractivity contribution in [2.24, 2.45) is 0 Å². The fourth-order valence-corrected chi connectivity index (χ4v) is 1.77. The van der Waals surface area contributed by atoms with Crippen LogP contribution in [0.3, 0.4) is 0 Å². The lowest BCUT2D eigenvalue weighted by Crippen LogP contribution is -2.07. The Balaban J connectivity index is 1.94. The highest BCUT2D eigenvalue weighted by Gasteiger charge is 2.03. The lowest BCUT2D eigenvalue weighted by atomic mass is 10.2. The summed E-state index contributed by atoms with van der Waals surface area (Å²) >= 11 is 0. The van der Waals surface area contributed by atoms with Gasteiger partial charge >= 0.3 is 0 Å². The van der Waals surface area contributed by atoms with Crippen molar-refractivity contribution in [3.05, 3.63) is 53.5 Å². The Morgan fingerprint density at radius 1 is 1.45 bits per heavy atom.